The van der Waals surface area contributed by atoms with Gasteiger partial charge in [0.15, 0.2) is 6.67 Å². The van der Waals surface area contributed by atoms with Gasteiger partial charge < -0.3 is 15.8 Å². The van der Waals surface area contributed by atoms with E-state index in [1.807, 2.05) is 12.1 Å². The third-order valence-electron chi connectivity index (χ3n) is 8.36. The van der Waals surface area contributed by atoms with E-state index in [0.29, 0.717) is 5.92 Å². The fourth-order valence-electron chi connectivity index (χ4n) is 5.39. The first kappa shape index (κ1) is 31.7. The van der Waals surface area contributed by atoms with Crippen molar-refractivity contribution >= 4 is 29.6 Å². The number of amidine groups is 1. The van der Waals surface area contributed by atoms with Gasteiger partial charge in [0, 0.05) is 40.2 Å². The maximum absolute atomic E-state index is 13.8. The van der Waals surface area contributed by atoms with Crippen molar-refractivity contribution in [3.63, 3.8) is 0 Å². The number of allylic oxidation sites excluding steroid dienone is 3. The van der Waals surface area contributed by atoms with Crippen LogP contribution in [0.3, 0.4) is 0 Å². The Hall–Kier alpha value is -3.28. The van der Waals surface area contributed by atoms with E-state index in [4.69, 9.17) is 21.3 Å². The minimum atomic E-state index is -3.37. The second-order valence-corrected chi connectivity index (χ2v) is 12.2. The van der Waals surface area contributed by atoms with E-state index in [2.05, 4.69) is 15.0 Å². The number of halogens is 3. The first-order valence-electron chi connectivity index (χ1n) is 14.4. The van der Waals surface area contributed by atoms with Gasteiger partial charge in [-0.15, -0.1) is 0 Å². The predicted octanol–water partition coefficient (Wildman–Crippen LogP) is 5.97. The zero-order chi connectivity index (χ0) is 30.2. The summed E-state index contributed by atoms with van der Waals surface area (Å²) in [6.45, 7) is -1.78. The number of aryl methyl sites for hydroxylation is 1. The van der Waals surface area contributed by atoms with Gasteiger partial charge in [-0.2, -0.15) is 0 Å². The molecule has 2 aliphatic carbocycles. The average Bonchev–Trinajstić information content (AvgIpc) is 3.74. The molecule has 0 unspecified atom stereocenters. The maximum Gasteiger partial charge on any atom is 0.281 e. The summed E-state index contributed by atoms with van der Waals surface area (Å²) >= 11 is 1.11. The summed E-state index contributed by atoms with van der Waals surface area (Å²) in [6, 6.07) is 3.88. The van der Waals surface area contributed by atoms with Crippen LogP contribution in [0.4, 0.5) is 13.2 Å². The van der Waals surface area contributed by atoms with Crippen LogP contribution in [0.5, 0.6) is 0 Å². The minimum Gasteiger partial charge on any atom is -0.478 e. The van der Waals surface area contributed by atoms with Crippen LogP contribution in [-0.2, 0) is 16.0 Å². The molecule has 7 rings (SSSR count). The summed E-state index contributed by atoms with van der Waals surface area (Å²) in [4.78, 5) is 18.1. The molecule has 228 valence electrons. The Morgan fingerprint density at radius 3 is 2.69 bits per heavy atom. The Balaban J connectivity index is 1.40. The van der Waals surface area contributed by atoms with Gasteiger partial charge in [0.1, 0.15) is 5.84 Å². The van der Waals surface area contributed by atoms with Gasteiger partial charge in [-0.25, -0.2) is 13.2 Å². The molecular formula is C30H39F3N6O2S. The lowest BCUT2D eigenvalue weighted by Gasteiger charge is -2.37. The molecule has 42 heavy (non-hydrogen) atoms. The molecule has 0 spiro atoms. The van der Waals surface area contributed by atoms with Gasteiger partial charge in [-0.3, -0.25) is 25.3 Å². The summed E-state index contributed by atoms with van der Waals surface area (Å²) < 4.78 is 48.4. The maximum atomic E-state index is 13.8. The van der Waals surface area contributed by atoms with Crippen molar-refractivity contribution < 1.29 is 22.7 Å². The molecule has 4 aliphatic heterocycles. The lowest BCUT2D eigenvalue weighted by atomic mass is 9.71. The topological polar surface area (TPSA) is 137 Å². The summed E-state index contributed by atoms with van der Waals surface area (Å²) in [7, 11) is 0. The number of ether oxygens (including phenoxy) is 1. The third kappa shape index (κ3) is 8.39. The molecule has 12 heteroatoms. The van der Waals surface area contributed by atoms with Crippen LogP contribution < -0.4 is 15.8 Å². The molecule has 8 nitrogen and oxygen atoms in total. The number of carbonyl (C=O) groups is 1. The summed E-state index contributed by atoms with van der Waals surface area (Å²) in [5.41, 5.74) is 6.22. The first-order valence-corrected chi connectivity index (χ1v) is 15.2. The van der Waals surface area contributed by atoms with Crippen LogP contribution in [0, 0.1) is 28.1 Å². The van der Waals surface area contributed by atoms with Crippen LogP contribution in [0.2, 0.25) is 0 Å². The SMILES string of the molecule is N=C(/C=C\N/C1=C/C=C(\C(=N)N)C(=O)NSc2ccc(nc2)CCCCCC2CC1C2)OCCC1(C(F)(F)CF)CC1. The van der Waals surface area contributed by atoms with Crippen LogP contribution in [0.1, 0.15) is 63.5 Å². The number of rotatable bonds is 9. The number of nitrogens with one attached hydrogen (secondary N) is 4. The van der Waals surface area contributed by atoms with Gasteiger partial charge in [-0.1, -0.05) is 19.3 Å². The summed E-state index contributed by atoms with van der Waals surface area (Å²) in [5, 5.41) is 19.1. The minimum absolute atomic E-state index is 0.0110. The molecule has 0 radical (unpaired) electrons. The fraction of sp³-hybridized carbons (Fsp3) is 0.533. The van der Waals surface area contributed by atoms with Gasteiger partial charge in [-0.05, 0) is 93.0 Å². The molecule has 5 heterocycles. The number of alkyl halides is 3. The highest BCUT2D eigenvalue weighted by molar-refractivity contribution is 7.98. The van der Waals surface area contributed by atoms with Gasteiger partial charge in [0.05, 0.1) is 12.2 Å². The largest absolute Gasteiger partial charge is 0.478 e. The van der Waals surface area contributed by atoms with Crippen molar-refractivity contribution in [2.75, 3.05) is 13.3 Å². The predicted molar refractivity (Wildman–Crippen MR) is 158 cm³/mol. The number of hydrogen-bond acceptors (Lipinski definition) is 7. The molecule has 2 saturated carbocycles. The summed E-state index contributed by atoms with van der Waals surface area (Å²) in [5.74, 6) is -3.64. The molecular weight excluding hydrogens is 565 g/mol. The lowest BCUT2D eigenvalue weighted by Crippen LogP contribution is -2.33. The quantitative estimate of drug-likeness (QED) is 0.134. The highest BCUT2D eigenvalue weighted by Crippen LogP contribution is 2.59. The molecule has 6 aliphatic rings. The van der Waals surface area contributed by atoms with Crippen LogP contribution >= 0.6 is 11.9 Å². The van der Waals surface area contributed by atoms with Crippen molar-refractivity contribution in [3.05, 3.63) is 59.7 Å². The molecule has 0 aromatic carbocycles. The van der Waals surface area contributed by atoms with E-state index >= 15 is 0 Å². The Kier molecular flexibility index (Phi) is 10.7. The number of nitrogens with zero attached hydrogens (tertiary/aromatic N) is 1. The molecule has 0 saturated heterocycles. The molecule has 0 atom stereocenters. The van der Waals surface area contributed by atoms with E-state index in [-0.39, 0.29) is 49.1 Å². The highest BCUT2D eigenvalue weighted by Gasteiger charge is 2.61. The standard InChI is InChI=1S/C30H39F3N6O2S/c31-19-30(32,33)29(11-12-29)13-15-41-26(34)10-14-37-25-9-8-24(27(35)36)28(40)39-42-23-7-6-22(38-18-23)5-3-1-2-4-20-16-21(25)17-20/h6-10,14,18,20-21,34,37H,1-5,11-13,15-17,19H2,(H3,35,36)(H,39,40)/b14-10-,24-8+,25-9+,34-26?. The van der Waals surface area contributed by atoms with Crippen LogP contribution in [-0.4, -0.2) is 41.8 Å². The van der Waals surface area contributed by atoms with Crippen molar-refractivity contribution in [1.29, 1.82) is 10.8 Å². The molecule has 1 amide bonds. The van der Waals surface area contributed by atoms with Crippen molar-refractivity contribution in [2.45, 2.75) is 75.0 Å². The smallest absolute Gasteiger partial charge is 0.281 e. The van der Waals surface area contributed by atoms with Gasteiger partial charge in [0.25, 0.3) is 11.8 Å². The lowest BCUT2D eigenvalue weighted by molar-refractivity contribution is -0.115. The third-order valence-corrected chi connectivity index (χ3v) is 9.13. The van der Waals surface area contributed by atoms with E-state index in [9.17, 15) is 18.0 Å². The number of carbonyl (C=O) groups excluding carboxylic acids is 1. The average molecular weight is 605 g/mol. The Bertz CT molecular complexity index is 1220. The van der Waals surface area contributed by atoms with Crippen LogP contribution in [0.25, 0.3) is 0 Å². The molecule has 2 fully saturated rings. The van der Waals surface area contributed by atoms with E-state index in [1.165, 1.54) is 18.4 Å². The number of amides is 1. The van der Waals surface area contributed by atoms with E-state index in [0.717, 1.165) is 73.2 Å². The second kappa shape index (κ2) is 14.3. The van der Waals surface area contributed by atoms with Crippen LogP contribution in [0.15, 0.2) is 58.9 Å². The zero-order valence-electron chi connectivity index (χ0n) is 23.6. The Morgan fingerprint density at radius 1 is 1.24 bits per heavy atom. The normalized spacial score (nSPS) is 25.4. The zero-order valence-corrected chi connectivity index (χ0v) is 24.4. The number of pyridine rings is 1. The fourth-order valence-corrected chi connectivity index (χ4v) is 5.95. The van der Waals surface area contributed by atoms with E-state index < -0.39 is 23.9 Å². The highest BCUT2D eigenvalue weighted by atomic mass is 32.2. The molecule has 4 bridgehead atoms. The first-order chi connectivity index (χ1) is 20.1. The van der Waals surface area contributed by atoms with Crippen molar-refractivity contribution in [1.82, 2.24) is 15.0 Å². The molecule has 1 aromatic heterocycles. The Labute approximate surface area is 249 Å². The van der Waals surface area contributed by atoms with Gasteiger partial charge in [0.2, 0.25) is 5.90 Å². The Morgan fingerprint density at radius 2 is 2.02 bits per heavy atom. The van der Waals surface area contributed by atoms with Crippen molar-refractivity contribution in [2.24, 2.45) is 23.0 Å². The number of aromatic nitrogens is 1. The number of nitrogens with two attached hydrogens (primary N) is 1. The van der Waals surface area contributed by atoms with E-state index in [1.54, 1.807) is 12.3 Å². The molecule has 6 N–H and O–H groups in total. The number of hydrogen-bond donors (Lipinski definition) is 5. The van der Waals surface area contributed by atoms with Gasteiger partial charge >= 0.3 is 0 Å². The molecule has 1 aromatic rings. The second-order valence-electron chi connectivity index (χ2n) is 11.3. The summed E-state index contributed by atoms with van der Waals surface area (Å²) in [6.07, 6.45) is 15.7. The van der Waals surface area contributed by atoms with Crippen molar-refractivity contribution in [3.8, 4) is 0 Å². The monoisotopic (exact) mass is 604 g/mol.